The summed E-state index contributed by atoms with van der Waals surface area (Å²) in [5, 5.41) is 10.1. The lowest BCUT2D eigenvalue weighted by atomic mass is 9.69. The van der Waals surface area contributed by atoms with Gasteiger partial charge in [0.25, 0.3) is 5.91 Å². The van der Waals surface area contributed by atoms with E-state index in [1.54, 1.807) is 6.20 Å². The van der Waals surface area contributed by atoms with E-state index in [2.05, 4.69) is 36.5 Å². The molecule has 0 radical (unpaired) electrons. The number of hydrogen-bond donors (Lipinski definition) is 2. The molecule has 0 bridgehead atoms. The Bertz CT molecular complexity index is 878. The summed E-state index contributed by atoms with van der Waals surface area (Å²) < 4.78 is 7.45. The summed E-state index contributed by atoms with van der Waals surface area (Å²) in [4.78, 5) is 24.4. The Balaban J connectivity index is 2.23. The average molecular weight is 445 g/mol. The quantitative estimate of drug-likeness (QED) is 0.597. The monoisotopic (exact) mass is 444 g/mol. The van der Waals surface area contributed by atoms with Crippen LogP contribution in [0, 0.1) is 11.3 Å². The van der Waals surface area contributed by atoms with Crippen molar-refractivity contribution in [3.8, 4) is 5.88 Å². The molecular formula is C25H40N4O3. The molecule has 0 saturated heterocycles. The first-order valence-corrected chi connectivity index (χ1v) is 11.5. The van der Waals surface area contributed by atoms with E-state index in [1.165, 1.54) is 29.8 Å². The van der Waals surface area contributed by atoms with Gasteiger partial charge in [0.15, 0.2) is 0 Å². The summed E-state index contributed by atoms with van der Waals surface area (Å²) in [5.41, 5.74) is 1.33. The summed E-state index contributed by atoms with van der Waals surface area (Å²) in [5.74, 6) is 0.663. The van der Waals surface area contributed by atoms with Crippen LogP contribution in [-0.4, -0.2) is 33.2 Å². The number of rotatable bonds is 8. The molecule has 178 valence electrons. The molecule has 0 aromatic carbocycles. The van der Waals surface area contributed by atoms with Gasteiger partial charge in [0.2, 0.25) is 11.8 Å². The van der Waals surface area contributed by atoms with Crippen LogP contribution < -0.4 is 15.4 Å². The zero-order valence-corrected chi connectivity index (χ0v) is 20.9. The van der Waals surface area contributed by atoms with Gasteiger partial charge in [-0.1, -0.05) is 32.8 Å². The van der Waals surface area contributed by atoms with Crippen molar-refractivity contribution >= 4 is 18.0 Å². The van der Waals surface area contributed by atoms with Crippen LogP contribution in [0.2, 0.25) is 0 Å². The van der Waals surface area contributed by atoms with E-state index in [9.17, 15) is 9.59 Å². The zero-order chi connectivity index (χ0) is 24.1. The first-order valence-electron chi connectivity index (χ1n) is 11.5. The highest BCUT2D eigenvalue weighted by molar-refractivity contribution is 5.97. The molecule has 1 unspecified atom stereocenters. The van der Waals surface area contributed by atoms with E-state index in [4.69, 9.17) is 4.74 Å². The standard InChI is InChI=1S/C25H40N4O3/c1-9-19-12-20(14-24(5,6)13-19)15-26-22(31)21-16-27-29(23(21)32-17(2)3)11-10-25(7,8)28-18(4)30/h10-11,15-17,19H,9,12-14H2,1-8H3,(H,26,31)(H,28,30)/b11-10+,20-15+. The average Bonchev–Trinajstić information content (AvgIpc) is 3.04. The molecule has 2 N–H and O–H groups in total. The van der Waals surface area contributed by atoms with Crippen molar-refractivity contribution in [1.29, 1.82) is 0 Å². The van der Waals surface area contributed by atoms with Crippen molar-refractivity contribution in [3.63, 3.8) is 0 Å². The zero-order valence-electron chi connectivity index (χ0n) is 20.9. The van der Waals surface area contributed by atoms with Crippen LogP contribution in [0.1, 0.15) is 91.4 Å². The van der Waals surface area contributed by atoms with E-state index >= 15 is 0 Å². The maximum Gasteiger partial charge on any atom is 0.262 e. The maximum atomic E-state index is 13.0. The SMILES string of the molecule is CCC1C/C(=C\NC(=O)c2cnn(/C=C/C(C)(C)NC(C)=O)c2OC(C)C)CC(C)(C)C1. The second-order valence-electron chi connectivity index (χ2n) is 10.5. The second-order valence-corrected chi connectivity index (χ2v) is 10.5. The highest BCUT2D eigenvalue weighted by Gasteiger charge is 2.30. The predicted octanol–water partition coefficient (Wildman–Crippen LogP) is 4.91. The Morgan fingerprint density at radius 3 is 2.66 bits per heavy atom. The molecule has 2 rings (SSSR count). The Labute approximate surface area is 192 Å². The van der Waals surface area contributed by atoms with E-state index in [0.717, 1.165) is 19.3 Å². The van der Waals surface area contributed by atoms with E-state index in [0.29, 0.717) is 17.4 Å². The molecule has 7 heteroatoms. The number of amides is 2. The Morgan fingerprint density at radius 2 is 2.06 bits per heavy atom. The predicted molar refractivity (Wildman–Crippen MR) is 128 cm³/mol. The highest BCUT2D eigenvalue weighted by atomic mass is 16.5. The van der Waals surface area contributed by atoms with E-state index in [-0.39, 0.29) is 23.3 Å². The summed E-state index contributed by atoms with van der Waals surface area (Å²) in [6.07, 6.45) is 11.2. The van der Waals surface area contributed by atoms with E-state index in [1.807, 2.05) is 40.0 Å². The molecule has 0 aliphatic heterocycles. The summed E-state index contributed by atoms with van der Waals surface area (Å²) in [6, 6.07) is 0. The third kappa shape index (κ3) is 7.53. The topological polar surface area (TPSA) is 85.3 Å². The van der Waals surface area contributed by atoms with Gasteiger partial charge in [-0.3, -0.25) is 9.59 Å². The van der Waals surface area contributed by atoms with Crippen molar-refractivity contribution in [2.75, 3.05) is 0 Å². The Hall–Kier alpha value is -2.57. The first-order chi connectivity index (χ1) is 14.8. The number of carbonyl (C=O) groups is 2. The van der Waals surface area contributed by atoms with Crippen LogP contribution in [0.5, 0.6) is 5.88 Å². The minimum atomic E-state index is -0.566. The Kier molecular flexibility index (Phi) is 8.32. The summed E-state index contributed by atoms with van der Waals surface area (Å²) in [6.45, 7) is 15.9. The van der Waals surface area contributed by atoms with Gasteiger partial charge >= 0.3 is 0 Å². The van der Waals surface area contributed by atoms with Gasteiger partial charge in [-0.15, -0.1) is 0 Å². The van der Waals surface area contributed by atoms with Crippen molar-refractivity contribution in [2.45, 2.75) is 92.7 Å². The van der Waals surface area contributed by atoms with Crippen molar-refractivity contribution in [3.05, 3.63) is 29.6 Å². The molecular weight excluding hydrogens is 404 g/mol. The summed E-state index contributed by atoms with van der Waals surface area (Å²) in [7, 11) is 0. The maximum absolute atomic E-state index is 13.0. The van der Waals surface area contributed by atoms with Gasteiger partial charge in [-0.25, -0.2) is 4.68 Å². The molecule has 1 heterocycles. The Morgan fingerprint density at radius 1 is 1.38 bits per heavy atom. The fraction of sp³-hybridized carbons (Fsp3) is 0.640. The fourth-order valence-corrected chi connectivity index (χ4v) is 4.33. The van der Waals surface area contributed by atoms with Gasteiger partial charge < -0.3 is 15.4 Å². The normalized spacial score (nSPS) is 20.0. The third-order valence-corrected chi connectivity index (χ3v) is 5.55. The molecule has 1 atom stereocenters. The molecule has 1 fully saturated rings. The minimum absolute atomic E-state index is 0.122. The number of nitrogens with one attached hydrogen (secondary N) is 2. The van der Waals surface area contributed by atoms with Crippen LogP contribution in [0.15, 0.2) is 24.0 Å². The minimum Gasteiger partial charge on any atom is -0.474 e. The van der Waals surface area contributed by atoms with Crippen LogP contribution in [-0.2, 0) is 4.79 Å². The lowest BCUT2D eigenvalue weighted by molar-refractivity contribution is -0.120. The molecule has 32 heavy (non-hydrogen) atoms. The van der Waals surface area contributed by atoms with Crippen LogP contribution in [0.4, 0.5) is 0 Å². The molecule has 1 aromatic rings. The highest BCUT2D eigenvalue weighted by Crippen LogP contribution is 2.42. The van der Waals surface area contributed by atoms with E-state index < -0.39 is 5.54 Å². The van der Waals surface area contributed by atoms with Gasteiger partial charge in [0.05, 0.1) is 17.8 Å². The largest absolute Gasteiger partial charge is 0.474 e. The number of hydrogen-bond acceptors (Lipinski definition) is 4. The lowest BCUT2D eigenvalue weighted by Crippen LogP contribution is -2.40. The van der Waals surface area contributed by atoms with Gasteiger partial charge in [-0.2, -0.15) is 5.10 Å². The summed E-state index contributed by atoms with van der Waals surface area (Å²) >= 11 is 0. The number of aromatic nitrogens is 2. The second kappa shape index (κ2) is 10.4. The van der Waals surface area contributed by atoms with Gasteiger partial charge in [-0.05, 0) is 64.4 Å². The number of ether oxygens (including phenoxy) is 1. The van der Waals surface area contributed by atoms with Crippen LogP contribution >= 0.6 is 0 Å². The smallest absolute Gasteiger partial charge is 0.262 e. The number of allylic oxidation sites excluding steroid dienone is 1. The van der Waals surface area contributed by atoms with Crippen molar-refractivity contribution < 1.29 is 14.3 Å². The molecule has 1 saturated carbocycles. The number of carbonyl (C=O) groups excluding carboxylic acids is 2. The fourth-order valence-electron chi connectivity index (χ4n) is 4.33. The molecule has 2 amide bonds. The molecule has 0 spiro atoms. The molecule has 1 aliphatic carbocycles. The third-order valence-electron chi connectivity index (χ3n) is 5.55. The van der Waals surface area contributed by atoms with Gasteiger partial charge in [0, 0.05) is 19.3 Å². The molecule has 1 aromatic heterocycles. The first kappa shape index (κ1) is 25.7. The lowest BCUT2D eigenvalue weighted by Gasteiger charge is -2.36. The molecule has 1 aliphatic rings. The number of nitrogens with zero attached hydrogens (tertiary/aromatic N) is 2. The van der Waals surface area contributed by atoms with Crippen LogP contribution in [0.25, 0.3) is 6.20 Å². The van der Waals surface area contributed by atoms with Crippen molar-refractivity contribution in [2.24, 2.45) is 11.3 Å². The molecule has 7 nitrogen and oxygen atoms in total. The van der Waals surface area contributed by atoms with Crippen molar-refractivity contribution in [1.82, 2.24) is 20.4 Å². The van der Waals surface area contributed by atoms with Crippen LogP contribution in [0.3, 0.4) is 0 Å². The van der Waals surface area contributed by atoms with Gasteiger partial charge in [0.1, 0.15) is 5.56 Å².